The van der Waals surface area contributed by atoms with E-state index in [4.69, 9.17) is 10.1 Å². The minimum atomic E-state index is -1.07. The second-order valence-corrected chi connectivity index (χ2v) is 8.79. The Balaban J connectivity index is 1.76. The van der Waals surface area contributed by atoms with E-state index in [1.165, 1.54) is 0 Å². The molecule has 0 radical (unpaired) electrons. The Bertz CT molecular complexity index is 997. The molecule has 1 saturated carbocycles. The van der Waals surface area contributed by atoms with Crippen LogP contribution in [0.2, 0.25) is 0 Å². The van der Waals surface area contributed by atoms with Crippen LogP contribution in [0.3, 0.4) is 0 Å². The van der Waals surface area contributed by atoms with E-state index in [0.717, 1.165) is 74.4 Å². The topological polar surface area (TPSA) is 111 Å². The van der Waals surface area contributed by atoms with Crippen molar-refractivity contribution < 1.29 is 14.6 Å². The predicted octanol–water partition coefficient (Wildman–Crippen LogP) is 4.26. The molecule has 2 aliphatic rings. The maximum absolute atomic E-state index is 11.9. The van der Waals surface area contributed by atoms with Gasteiger partial charge in [0.2, 0.25) is 0 Å². The molecule has 0 spiro atoms. The summed E-state index contributed by atoms with van der Waals surface area (Å²) in [6.07, 6.45) is 6.75. The molecule has 8 nitrogen and oxygen atoms in total. The van der Waals surface area contributed by atoms with Crippen molar-refractivity contribution in [3.05, 3.63) is 41.3 Å². The summed E-state index contributed by atoms with van der Waals surface area (Å²) >= 11 is 0. The standard InChI is InChI=1S/C24H31N5O3/c1-15-12-18(6-9-26-15)27-23-21(22(25)17-4-3-5-17)20(13-19(28-23)24(30)31)29-10-7-16(8-11-29)14-32-2/h6,9,12-13,16-17,25H,3-5,7-8,10-11,14H2,1-2H3,(H,30,31)(H,26,27,28). The summed E-state index contributed by atoms with van der Waals surface area (Å²) in [5, 5.41) is 22.1. The number of carboxylic acid groups (broad SMARTS) is 1. The van der Waals surface area contributed by atoms with Crippen molar-refractivity contribution >= 4 is 28.9 Å². The van der Waals surface area contributed by atoms with Crippen LogP contribution in [-0.2, 0) is 4.74 Å². The number of hydrogen-bond acceptors (Lipinski definition) is 7. The zero-order chi connectivity index (χ0) is 22.7. The van der Waals surface area contributed by atoms with E-state index < -0.39 is 5.97 Å². The molecule has 2 fully saturated rings. The smallest absolute Gasteiger partial charge is 0.354 e. The maximum atomic E-state index is 11.9. The Morgan fingerprint density at radius 1 is 1.28 bits per heavy atom. The van der Waals surface area contributed by atoms with Crippen molar-refractivity contribution in [3.63, 3.8) is 0 Å². The van der Waals surface area contributed by atoms with Crippen LogP contribution in [-0.4, -0.2) is 53.6 Å². The third-order valence-electron chi connectivity index (χ3n) is 6.52. The van der Waals surface area contributed by atoms with Crippen LogP contribution >= 0.6 is 0 Å². The quantitative estimate of drug-likeness (QED) is 0.529. The Kier molecular flexibility index (Phi) is 6.69. The second kappa shape index (κ2) is 9.65. The van der Waals surface area contributed by atoms with Crippen LogP contribution in [0.5, 0.6) is 0 Å². The van der Waals surface area contributed by atoms with E-state index >= 15 is 0 Å². The van der Waals surface area contributed by atoms with Crippen molar-refractivity contribution in [2.24, 2.45) is 11.8 Å². The fourth-order valence-electron chi connectivity index (χ4n) is 4.48. The fraction of sp³-hybridized carbons (Fsp3) is 0.500. The molecule has 0 amide bonds. The summed E-state index contributed by atoms with van der Waals surface area (Å²) < 4.78 is 5.33. The van der Waals surface area contributed by atoms with Gasteiger partial charge in [0.25, 0.3) is 0 Å². The molecule has 4 rings (SSSR count). The van der Waals surface area contributed by atoms with Crippen LogP contribution in [0, 0.1) is 24.2 Å². The first kappa shape index (κ1) is 22.2. The molecule has 2 aromatic heterocycles. The van der Waals surface area contributed by atoms with E-state index in [2.05, 4.69) is 20.2 Å². The molecule has 170 valence electrons. The third kappa shape index (κ3) is 4.75. The SMILES string of the molecule is COCC1CCN(c2cc(C(=O)O)nc(Nc3ccnc(C)c3)c2C(=N)C2CCC2)CC1. The normalized spacial score (nSPS) is 17.1. The number of aryl methyl sites for hydroxylation is 1. The molecule has 0 aromatic carbocycles. The van der Waals surface area contributed by atoms with Crippen molar-refractivity contribution in [1.29, 1.82) is 5.41 Å². The van der Waals surface area contributed by atoms with Gasteiger partial charge in [-0.15, -0.1) is 0 Å². The number of nitrogens with one attached hydrogen (secondary N) is 2. The van der Waals surface area contributed by atoms with Gasteiger partial charge < -0.3 is 25.5 Å². The van der Waals surface area contributed by atoms with Gasteiger partial charge in [-0.05, 0) is 56.7 Å². The van der Waals surface area contributed by atoms with E-state index in [1.807, 2.05) is 19.1 Å². The highest BCUT2D eigenvalue weighted by atomic mass is 16.5. The number of ether oxygens (including phenoxy) is 1. The second-order valence-electron chi connectivity index (χ2n) is 8.79. The first-order valence-electron chi connectivity index (χ1n) is 11.3. The summed E-state index contributed by atoms with van der Waals surface area (Å²) in [5.74, 6) is 0.0542. The summed E-state index contributed by atoms with van der Waals surface area (Å²) in [4.78, 5) is 22.8. The molecule has 3 N–H and O–H groups in total. The van der Waals surface area contributed by atoms with Gasteiger partial charge >= 0.3 is 5.97 Å². The number of carboxylic acids is 1. The monoisotopic (exact) mass is 437 g/mol. The molecule has 1 aliphatic heterocycles. The molecule has 1 saturated heterocycles. The highest BCUT2D eigenvalue weighted by Gasteiger charge is 2.31. The van der Waals surface area contributed by atoms with Crippen molar-refractivity contribution in [1.82, 2.24) is 9.97 Å². The Labute approximate surface area is 188 Å². The first-order valence-corrected chi connectivity index (χ1v) is 11.3. The molecule has 32 heavy (non-hydrogen) atoms. The molecule has 3 heterocycles. The lowest BCUT2D eigenvalue weighted by Crippen LogP contribution is -2.37. The first-order chi connectivity index (χ1) is 15.5. The van der Waals surface area contributed by atoms with E-state index in [-0.39, 0.29) is 11.6 Å². The van der Waals surface area contributed by atoms with Gasteiger partial charge in [0, 0.05) is 56.0 Å². The number of anilines is 3. The maximum Gasteiger partial charge on any atom is 0.354 e. The average molecular weight is 438 g/mol. The Morgan fingerprint density at radius 3 is 2.62 bits per heavy atom. The number of rotatable bonds is 8. The number of pyridine rings is 2. The van der Waals surface area contributed by atoms with Crippen LogP contribution in [0.25, 0.3) is 0 Å². The lowest BCUT2D eigenvalue weighted by Gasteiger charge is -2.36. The van der Waals surface area contributed by atoms with Crippen LogP contribution in [0.15, 0.2) is 24.4 Å². The van der Waals surface area contributed by atoms with Crippen molar-refractivity contribution in [2.45, 2.75) is 39.0 Å². The predicted molar refractivity (Wildman–Crippen MR) is 124 cm³/mol. The summed E-state index contributed by atoms with van der Waals surface area (Å²) in [5.41, 5.74) is 3.67. The third-order valence-corrected chi connectivity index (χ3v) is 6.52. The lowest BCUT2D eigenvalue weighted by molar-refractivity contribution is 0.0690. The van der Waals surface area contributed by atoms with Gasteiger partial charge in [-0.25, -0.2) is 9.78 Å². The number of aromatic carboxylic acids is 1. The van der Waals surface area contributed by atoms with Gasteiger partial charge in [-0.2, -0.15) is 0 Å². The van der Waals surface area contributed by atoms with Crippen molar-refractivity contribution in [3.8, 4) is 0 Å². The van der Waals surface area contributed by atoms with Crippen LogP contribution < -0.4 is 10.2 Å². The number of methoxy groups -OCH3 is 1. The number of piperidine rings is 1. The highest BCUT2D eigenvalue weighted by molar-refractivity contribution is 6.10. The molecule has 1 aliphatic carbocycles. The fourth-order valence-corrected chi connectivity index (χ4v) is 4.48. The number of carbonyl (C=O) groups is 1. The highest BCUT2D eigenvalue weighted by Crippen LogP contribution is 2.38. The zero-order valence-corrected chi connectivity index (χ0v) is 18.7. The molecule has 0 atom stereocenters. The summed E-state index contributed by atoms with van der Waals surface area (Å²) in [6.45, 7) is 4.24. The van der Waals surface area contributed by atoms with E-state index in [9.17, 15) is 9.90 Å². The average Bonchev–Trinajstić information content (AvgIpc) is 2.72. The molecular formula is C24H31N5O3. The molecule has 0 unspecified atom stereocenters. The molecule has 2 aromatic rings. The van der Waals surface area contributed by atoms with Gasteiger partial charge in [0.05, 0.1) is 11.3 Å². The zero-order valence-electron chi connectivity index (χ0n) is 18.7. The minimum absolute atomic E-state index is 0.0162. The van der Waals surface area contributed by atoms with Gasteiger partial charge in [0.1, 0.15) is 5.82 Å². The number of nitrogens with zero attached hydrogens (tertiary/aromatic N) is 3. The summed E-state index contributed by atoms with van der Waals surface area (Å²) in [6, 6.07) is 5.36. The Hall–Kier alpha value is -3.00. The lowest BCUT2D eigenvalue weighted by atomic mass is 9.79. The van der Waals surface area contributed by atoms with Gasteiger partial charge in [-0.1, -0.05) is 6.42 Å². The van der Waals surface area contributed by atoms with Gasteiger partial charge in [0.15, 0.2) is 5.69 Å². The van der Waals surface area contributed by atoms with Gasteiger partial charge in [-0.3, -0.25) is 4.98 Å². The van der Waals surface area contributed by atoms with Crippen molar-refractivity contribution in [2.75, 3.05) is 37.0 Å². The molecule has 0 bridgehead atoms. The minimum Gasteiger partial charge on any atom is -0.477 e. The number of aromatic nitrogens is 2. The van der Waals surface area contributed by atoms with E-state index in [0.29, 0.717) is 17.4 Å². The van der Waals surface area contributed by atoms with E-state index in [1.54, 1.807) is 19.4 Å². The Morgan fingerprint density at radius 2 is 2.03 bits per heavy atom. The molecule has 8 heteroatoms. The van der Waals surface area contributed by atoms with Crippen LogP contribution in [0.4, 0.5) is 17.2 Å². The summed E-state index contributed by atoms with van der Waals surface area (Å²) in [7, 11) is 1.73. The van der Waals surface area contributed by atoms with Crippen LogP contribution in [0.1, 0.15) is 53.8 Å². The molecular weight excluding hydrogens is 406 g/mol. The number of hydrogen-bond donors (Lipinski definition) is 3. The largest absolute Gasteiger partial charge is 0.477 e.